The summed E-state index contributed by atoms with van der Waals surface area (Å²) < 4.78 is 6.62. The molecule has 4 aromatic carbocycles. The molecule has 3 amide bonds. The van der Waals surface area contributed by atoms with E-state index in [-0.39, 0.29) is 31.3 Å². The molecule has 4 aromatic rings. The summed E-state index contributed by atoms with van der Waals surface area (Å²) >= 11 is 3.52. The lowest BCUT2D eigenvalue weighted by atomic mass is 9.84. The molecular weight excluding hydrogens is 648 g/mol. The second kappa shape index (κ2) is 12.8. The average Bonchev–Trinajstić information content (AvgIpc) is 3.11. The molecule has 1 aliphatic rings. The summed E-state index contributed by atoms with van der Waals surface area (Å²) in [7, 11) is 1.56. The number of fused-ring (bicyclic) bond motifs is 2. The molecule has 4 N–H and O–H groups in total. The first kappa shape index (κ1) is 32.7. The molecule has 1 aliphatic heterocycles. The van der Waals surface area contributed by atoms with Crippen LogP contribution in [0.15, 0.2) is 83.3 Å². The number of anilines is 2. The van der Waals surface area contributed by atoms with Crippen molar-refractivity contribution in [3.63, 3.8) is 0 Å². The number of benzene rings is 4. The Hall–Kier alpha value is -4.25. The van der Waals surface area contributed by atoms with Gasteiger partial charge in [0.1, 0.15) is 11.3 Å². The fourth-order valence-corrected chi connectivity index (χ4v) is 5.80. The first-order chi connectivity index (χ1) is 20.4. The monoisotopic (exact) mass is 678 g/mol. The molecule has 1 heterocycles. The topological polar surface area (TPSA) is 136 Å². The summed E-state index contributed by atoms with van der Waals surface area (Å²) in [6, 6.07) is 22.9. The summed E-state index contributed by atoms with van der Waals surface area (Å²) in [4.78, 5) is 56.0. The van der Waals surface area contributed by atoms with Crippen LogP contribution in [-0.2, 0) is 16.1 Å². The van der Waals surface area contributed by atoms with Crippen molar-refractivity contribution in [2.45, 2.75) is 25.9 Å². The molecular formula is C33H32BrClN4O5. The predicted molar refractivity (Wildman–Crippen MR) is 176 cm³/mol. The van der Waals surface area contributed by atoms with Gasteiger partial charge >= 0.3 is 0 Å². The van der Waals surface area contributed by atoms with Gasteiger partial charge in [0.15, 0.2) is 5.78 Å². The SMILES string of the molecule is COc1ccc2cc(Br)ccc2c1CN1C(=O)[C@H](C(C)(N)C(N)=O)CN(C(=O)c2ccc(C(C)=O)cc2)c2ccccc21.Cl. The van der Waals surface area contributed by atoms with Crippen LogP contribution in [0.4, 0.5) is 11.4 Å². The van der Waals surface area contributed by atoms with Gasteiger partial charge in [-0.2, -0.15) is 0 Å². The fourth-order valence-electron chi connectivity index (χ4n) is 5.42. The molecule has 1 unspecified atom stereocenters. The van der Waals surface area contributed by atoms with E-state index in [1.54, 1.807) is 60.5 Å². The first-order valence-corrected chi connectivity index (χ1v) is 14.4. The zero-order chi connectivity index (χ0) is 31.1. The molecule has 0 saturated heterocycles. The highest BCUT2D eigenvalue weighted by atomic mass is 79.9. The van der Waals surface area contributed by atoms with Crippen LogP contribution in [0.3, 0.4) is 0 Å². The highest BCUT2D eigenvalue weighted by Crippen LogP contribution is 2.40. The average molecular weight is 680 g/mol. The third-order valence-corrected chi connectivity index (χ3v) is 8.51. The van der Waals surface area contributed by atoms with Gasteiger partial charge in [-0.05, 0) is 67.1 Å². The lowest BCUT2D eigenvalue weighted by molar-refractivity contribution is -0.132. The molecule has 0 radical (unpaired) electrons. The number of rotatable bonds is 7. The highest BCUT2D eigenvalue weighted by molar-refractivity contribution is 9.10. The van der Waals surface area contributed by atoms with Crippen LogP contribution in [0.5, 0.6) is 5.75 Å². The molecule has 44 heavy (non-hydrogen) atoms. The molecule has 0 spiro atoms. The van der Waals surface area contributed by atoms with Crippen molar-refractivity contribution in [3.8, 4) is 5.75 Å². The van der Waals surface area contributed by atoms with Crippen molar-refractivity contribution < 1.29 is 23.9 Å². The summed E-state index contributed by atoms with van der Waals surface area (Å²) in [5.41, 5.74) is 12.8. The van der Waals surface area contributed by atoms with E-state index in [4.69, 9.17) is 16.2 Å². The number of carbonyl (C=O) groups excluding carboxylic acids is 4. The smallest absolute Gasteiger partial charge is 0.258 e. The number of hydrogen-bond donors (Lipinski definition) is 2. The van der Waals surface area contributed by atoms with E-state index in [1.807, 2.05) is 30.3 Å². The summed E-state index contributed by atoms with van der Waals surface area (Å²) in [5, 5.41) is 1.81. The number of amides is 3. The Morgan fingerprint density at radius 2 is 1.61 bits per heavy atom. The molecule has 5 rings (SSSR count). The van der Waals surface area contributed by atoms with Gasteiger partial charge in [-0.1, -0.05) is 52.3 Å². The normalized spacial score (nSPS) is 15.9. The van der Waals surface area contributed by atoms with Gasteiger partial charge in [-0.15, -0.1) is 12.4 Å². The van der Waals surface area contributed by atoms with E-state index in [1.165, 1.54) is 18.7 Å². The van der Waals surface area contributed by atoms with Crippen molar-refractivity contribution >= 4 is 74.0 Å². The Balaban J connectivity index is 0.00000442. The van der Waals surface area contributed by atoms with E-state index < -0.39 is 29.2 Å². The predicted octanol–water partition coefficient (Wildman–Crippen LogP) is 5.25. The summed E-state index contributed by atoms with van der Waals surface area (Å²) in [6.45, 7) is 2.72. The number of Topliss-reactive ketones (excluding diaryl/α,β-unsaturated/α-hetero) is 1. The van der Waals surface area contributed by atoms with Crippen molar-refractivity contribution in [1.29, 1.82) is 0 Å². The molecule has 0 aromatic heterocycles. The standard InChI is InChI=1S/C33H31BrN4O5.ClH/c1-19(39)20-8-10-21(11-9-20)30(40)38-18-26(33(2,36)32(35)42)31(41)37(27-6-4-5-7-28(27)38)17-25-24-14-13-23(34)16-22(24)12-15-29(25)43-3;/h4-16,26H,17-18,36H2,1-3H3,(H2,35,42);1H/t26-,33?;/m1./s1. The number of halogens is 2. The number of nitrogens with two attached hydrogens (primary N) is 2. The molecule has 0 bridgehead atoms. The van der Waals surface area contributed by atoms with Gasteiger partial charge in [0.25, 0.3) is 5.91 Å². The number of carbonyl (C=O) groups is 4. The highest BCUT2D eigenvalue weighted by Gasteiger charge is 2.47. The van der Waals surface area contributed by atoms with Gasteiger partial charge < -0.3 is 26.0 Å². The van der Waals surface area contributed by atoms with Gasteiger partial charge in [-0.3, -0.25) is 19.2 Å². The Morgan fingerprint density at radius 1 is 0.977 bits per heavy atom. The van der Waals surface area contributed by atoms with Gasteiger partial charge in [-0.25, -0.2) is 0 Å². The molecule has 0 saturated carbocycles. The molecule has 0 aliphatic carbocycles. The van der Waals surface area contributed by atoms with Crippen molar-refractivity contribution in [2.24, 2.45) is 17.4 Å². The van der Waals surface area contributed by atoms with Crippen LogP contribution in [-0.4, -0.2) is 42.7 Å². The summed E-state index contributed by atoms with van der Waals surface area (Å²) in [5.74, 6) is -2.50. The number of methoxy groups -OCH3 is 1. The number of primary amides is 1. The van der Waals surface area contributed by atoms with Crippen molar-refractivity contribution in [2.75, 3.05) is 23.5 Å². The van der Waals surface area contributed by atoms with Crippen LogP contribution in [0.1, 0.15) is 40.1 Å². The Labute approximate surface area is 269 Å². The number of ether oxygens (including phenoxy) is 1. The van der Waals surface area contributed by atoms with E-state index in [2.05, 4.69) is 15.9 Å². The van der Waals surface area contributed by atoms with Crippen LogP contribution in [0.2, 0.25) is 0 Å². The molecule has 228 valence electrons. The zero-order valence-corrected chi connectivity index (χ0v) is 26.8. The van der Waals surface area contributed by atoms with Crippen molar-refractivity contribution in [3.05, 3.63) is 100 Å². The van der Waals surface area contributed by atoms with Gasteiger partial charge in [0.05, 0.1) is 30.9 Å². The van der Waals surface area contributed by atoms with Gasteiger partial charge in [0.2, 0.25) is 11.8 Å². The van der Waals surface area contributed by atoms with Crippen LogP contribution >= 0.6 is 28.3 Å². The first-order valence-electron chi connectivity index (χ1n) is 13.6. The third kappa shape index (κ3) is 5.93. The third-order valence-electron chi connectivity index (χ3n) is 8.02. The Bertz CT molecular complexity index is 1780. The number of para-hydroxylation sites is 2. The second-order valence-corrected chi connectivity index (χ2v) is 11.7. The minimum atomic E-state index is -1.79. The van der Waals surface area contributed by atoms with E-state index in [0.29, 0.717) is 28.3 Å². The lowest BCUT2D eigenvalue weighted by Gasteiger charge is -2.34. The zero-order valence-electron chi connectivity index (χ0n) is 24.4. The quantitative estimate of drug-likeness (QED) is 0.256. The number of hydrogen-bond acceptors (Lipinski definition) is 6. The minimum absolute atomic E-state index is 0. The van der Waals surface area contributed by atoms with Crippen LogP contribution < -0.4 is 26.0 Å². The second-order valence-electron chi connectivity index (χ2n) is 10.8. The van der Waals surface area contributed by atoms with E-state index in [9.17, 15) is 19.2 Å². The van der Waals surface area contributed by atoms with E-state index >= 15 is 0 Å². The van der Waals surface area contributed by atoms with Crippen LogP contribution in [0.25, 0.3) is 10.8 Å². The van der Waals surface area contributed by atoms with Gasteiger partial charge in [0, 0.05) is 27.7 Å². The largest absolute Gasteiger partial charge is 0.496 e. The van der Waals surface area contributed by atoms with Crippen LogP contribution in [0, 0.1) is 5.92 Å². The van der Waals surface area contributed by atoms with Crippen molar-refractivity contribution in [1.82, 2.24) is 0 Å². The minimum Gasteiger partial charge on any atom is -0.496 e. The molecule has 11 heteroatoms. The maximum Gasteiger partial charge on any atom is 0.258 e. The Kier molecular flexibility index (Phi) is 9.48. The number of ketones is 1. The lowest BCUT2D eigenvalue weighted by Crippen LogP contribution is -2.62. The maximum atomic E-state index is 14.5. The molecule has 9 nitrogen and oxygen atoms in total. The fraction of sp³-hybridized carbons (Fsp3) is 0.212. The number of nitrogens with zero attached hydrogens (tertiary/aromatic N) is 2. The van der Waals surface area contributed by atoms with E-state index in [0.717, 1.165) is 20.8 Å². The maximum absolute atomic E-state index is 14.5. The summed E-state index contributed by atoms with van der Waals surface area (Å²) in [6.07, 6.45) is 0. The molecule has 0 fully saturated rings. The Morgan fingerprint density at radius 3 is 2.23 bits per heavy atom. The molecule has 2 atom stereocenters.